The molecule has 0 rings (SSSR count). The highest BCUT2D eigenvalue weighted by molar-refractivity contribution is 5.51. The van der Waals surface area contributed by atoms with Crippen LogP contribution in [0.4, 0.5) is 0 Å². The lowest BCUT2D eigenvalue weighted by Crippen LogP contribution is -2.20. The molecule has 0 fully saturated rings. The Morgan fingerprint density at radius 2 is 1.18 bits per heavy atom. The van der Waals surface area contributed by atoms with Gasteiger partial charge in [0, 0.05) is 12.8 Å². The molecule has 0 aromatic heterocycles. The summed E-state index contributed by atoms with van der Waals surface area (Å²) < 4.78 is 0. The lowest BCUT2D eigenvalue weighted by atomic mass is 9.75. The van der Waals surface area contributed by atoms with Crippen molar-refractivity contribution in [3.63, 3.8) is 0 Å². The van der Waals surface area contributed by atoms with Gasteiger partial charge >= 0.3 is 0 Å². The van der Waals surface area contributed by atoms with Crippen LogP contribution in [0.2, 0.25) is 0 Å². The van der Waals surface area contributed by atoms with Gasteiger partial charge in [0.25, 0.3) is 0 Å². The molecule has 17 heavy (non-hydrogen) atoms. The number of aldehydes is 2. The maximum Gasteiger partial charge on any atom is 0.120 e. The van der Waals surface area contributed by atoms with E-state index in [1.807, 2.05) is 0 Å². The Bertz CT molecular complexity index is 213. The molecule has 100 valence electrons. The highest BCUT2D eigenvalue weighted by atomic mass is 16.1. The van der Waals surface area contributed by atoms with Crippen molar-refractivity contribution in [1.82, 2.24) is 0 Å². The van der Waals surface area contributed by atoms with Crippen LogP contribution in [-0.2, 0) is 9.59 Å². The molecule has 0 spiro atoms. The van der Waals surface area contributed by atoms with Crippen LogP contribution in [0.15, 0.2) is 0 Å². The van der Waals surface area contributed by atoms with Gasteiger partial charge in [0.1, 0.15) is 12.6 Å². The predicted molar refractivity (Wildman–Crippen MR) is 72.0 cm³/mol. The fourth-order valence-electron chi connectivity index (χ4n) is 2.19. The minimum atomic E-state index is 0.150. The van der Waals surface area contributed by atoms with Crippen LogP contribution in [0.1, 0.15) is 72.6 Å². The summed E-state index contributed by atoms with van der Waals surface area (Å²) in [5.74, 6) is 0. The minimum absolute atomic E-state index is 0.150. The quantitative estimate of drug-likeness (QED) is 0.537. The molecule has 0 saturated carbocycles. The van der Waals surface area contributed by atoms with Crippen LogP contribution < -0.4 is 0 Å². The second-order valence-corrected chi connectivity index (χ2v) is 5.92. The number of rotatable bonds is 10. The summed E-state index contributed by atoms with van der Waals surface area (Å²) in [5, 5.41) is 0. The van der Waals surface area contributed by atoms with Crippen molar-refractivity contribution in [3.05, 3.63) is 0 Å². The molecular weight excluding hydrogens is 212 g/mol. The molecule has 0 aliphatic rings. The molecule has 0 bridgehead atoms. The highest BCUT2D eigenvalue weighted by Crippen LogP contribution is 2.36. The van der Waals surface area contributed by atoms with Crippen LogP contribution in [0.3, 0.4) is 0 Å². The van der Waals surface area contributed by atoms with Gasteiger partial charge in [-0.1, -0.05) is 47.0 Å². The van der Waals surface area contributed by atoms with Crippen molar-refractivity contribution in [2.45, 2.75) is 72.6 Å². The van der Waals surface area contributed by atoms with Crippen LogP contribution in [-0.4, -0.2) is 12.6 Å². The zero-order chi connectivity index (χ0) is 13.4. The third kappa shape index (κ3) is 5.99. The Morgan fingerprint density at radius 3 is 1.41 bits per heavy atom. The Balaban J connectivity index is 4.18. The summed E-state index contributed by atoms with van der Waals surface area (Å²) in [6.07, 6.45) is 8.73. The van der Waals surface area contributed by atoms with E-state index in [1.165, 1.54) is 0 Å². The maximum atomic E-state index is 10.7. The average molecular weight is 240 g/mol. The molecule has 2 unspecified atom stereocenters. The van der Waals surface area contributed by atoms with Gasteiger partial charge in [-0.15, -0.1) is 0 Å². The predicted octanol–water partition coefficient (Wildman–Crippen LogP) is 4.17. The zero-order valence-corrected chi connectivity index (χ0v) is 11.9. The topological polar surface area (TPSA) is 34.1 Å². The molecule has 0 amide bonds. The largest absolute Gasteiger partial charge is 0.303 e. The van der Waals surface area contributed by atoms with Crippen LogP contribution in [0, 0.1) is 10.8 Å². The first-order valence-corrected chi connectivity index (χ1v) is 6.82. The van der Waals surface area contributed by atoms with Crippen molar-refractivity contribution >= 4 is 12.6 Å². The number of carbonyl (C=O) groups excluding carboxylic acids is 2. The summed E-state index contributed by atoms with van der Waals surface area (Å²) in [6, 6.07) is 0. The van der Waals surface area contributed by atoms with E-state index in [0.29, 0.717) is 12.8 Å². The van der Waals surface area contributed by atoms with Crippen molar-refractivity contribution in [3.8, 4) is 0 Å². The van der Waals surface area contributed by atoms with E-state index in [0.717, 1.165) is 44.7 Å². The molecule has 0 radical (unpaired) electrons. The van der Waals surface area contributed by atoms with Gasteiger partial charge in [0.15, 0.2) is 0 Å². The van der Waals surface area contributed by atoms with E-state index >= 15 is 0 Å². The second-order valence-electron chi connectivity index (χ2n) is 5.92. The lowest BCUT2D eigenvalue weighted by Gasteiger charge is -2.30. The zero-order valence-electron chi connectivity index (χ0n) is 11.9. The lowest BCUT2D eigenvalue weighted by molar-refractivity contribution is -0.110. The van der Waals surface area contributed by atoms with Crippen LogP contribution >= 0.6 is 0 Å². The van der Waals surface area contributed by atoms with E-state index in [9.17, 15) is 9.59 Å². The summed E-state index contributed by atoms with van der Waals surface area (Å²) in [6.45, 7) is 8.66. The van der Waals surface area contributed by atoms with Crippen molar-refractivity contribution < 1.29 is 9.59 Å². The molecule has 0 saturated heterocycles. The summed E-state index contributed by atoms with van der Waals surface area (Å²) >= 11 is 0. The Labute approximate surface area is 106 Å². The van der Waals surface area contributed by atoms with Crippen molar-refractivity contribution in [1.29, 1.82) is 0 Å². The van der Waals surface area contributed by atoms with E-state index in [2.05, 4.69) is 27.7 Å². The monoisotopic (exact) mass is 240 g/mol. The smallest absolute Gasteiger partial charge is 0.120 e. The molecule has 2 atom stereocenters. The molecule has 0 N–H and O–H groups in total. The van der Waals surface area contributed by atoms with Gasteiger partial charge in [-0.05, 0) is 23.7 Å². The Kier molecular flexibility index (Phi) is 7.33. The highest BCUT2D eigenvalue weighted by Gasteiger charge is 2.25. The molecular formula is C15H28O2. The number of hydrogen-bond acceptors (Lipinski definition) is 2. The molecule has 0 aliphatic heterocycles. The van der Waals surface area contributed by atoms with Crippen LogP contribution in [0.5, 0.6) is 0 Å². The number of hydrogen-bond donors (Lipinski definition) is 0. The van der Waals surface area contributed by atoms with Gasteiger partial charge < -0.3 is 9.59 Å². The minimum Gasteiger partial charge on any atom is -0.303 e. The second kappa shape index (κ2) is 7.62. The Hall–Kier alpha value is -0.660. The SMILES string of the molecule is CCC(C)(CC=O)CCCC(C)(CC)CC=O. The molecule has 2 nitrogen and oxygen atoms in total. The van der Waals surface area contributed by atoms with Gasteiger partial charge in [-0.25, -0.2) is 0 Å². The average Bonchev–Trinajstić information content (AvgIpc) is 2.30. The maximum absolute atomic E-state index is 10.7. The normalized spacial score (nSPS) is 18.1. The first-order chi connectivity index (χ1) is 7.95. The van der Waals surface area contributed by atoms with Gasteiger partial charge in [-0.2, -0.15) is 0 Å². The fraction of sp³-hybridized carbons (Fsp3) is 0.867. The van der Waals surface area contributed by atoms with E-state index in [-0.39, 0.29) is 10.8 Å². The summed E-state index contributed by atoms with van der Waals surface area (Å²) in [7, 11) is 0. The van der Waals surface area contributed by atoms with Gasteiger partial charge in [-0.3, -0.25) is 0 Å². The first kappa shape index (κ1) is 16.3. The molecule has 0 aliphatic carbocycles. The van der Waals surface area contributed by atoms with Gasteiger partial charge in [0.2, 0.25) is 0 Å². The van der Waals surface area contributed by atoms with Crippen molar-refractivity contribution in [2.24, 2.45) is 10.8 Å². The third-order valence-corrected chi connectivity index (χ3v) is 4.42. The van der Waals surface area contributed by atoms with Crippen LogP contribution in [0.25, 0.3) is 0 Å². The Morgan fingerprint density at radius 1 is 0.824 bits per heavy atom. The molecule has 2 heteroatoms. The van der Waals surface area contributed by atoms with E-state index in [1.54, 1.807) is 0 Å². The van der Waals surface area contributed by atoms with Crippen molar-refractivity contribution in [2.75, 3.05) is 0 Å². The summed E-state index contributed by atoms with van der Waals surface area (Å²) in [4.78, 5) is 21.3. The standard InChI is InChI=1S/C15H28O2/c1-5-14(3,10-12-16)8-7-9-15(4,6-2)11-13-17/h12-13H,5-11H2,1-4H3. The fourth-order valence-corrected chi connectivity index (χ4v) is 2.19. The number of carbonyl (C=O) groups is 2. The molecule has 0 heterocycles. The third-order valence-electron chi connectivity index (χ3n) is 4.42. The molecule has 0 aromatic rings. The van der Waals surface area contributed by atoms with E-state index < -0.39 is 0 Å². The summed E-state index contributed by atoms with van der Waals surface area (Å²) in [5.41, 5.74) is 0.301. The first-order valence-electron chi connectivity index (χ1n) is 6.82. The molecule has 0 aromatic carbocycles. The van der Waals surface area contributed by atoms with Gasteiger partial charge in [0.05, 0.1) is 0 Å². The van der Waals surface area contributed by atoms with E-state index in [4.69, 9.17) is 0 Å².